The van der Waals surface area contributed by atoms with E-state index in [1.165, 1.54) is 20.2 Å². The van der Waals surface area contributed by atoms with Crippen molar-refractivity contribution in [3.8, 4) is 10.4 Å². The van der Waals surface area contributed by atoms with Gasteiger partial charge in [0.1, 0.15) is 0 Å². The van der Waals surface area contributed by atoms with E-state index in [1.54, 1.807) is 0 Å². The van der Waals surface area contributed by atoms with Gasteiger partial charge >= 0.3 is 0 Å². The maximum Gasteiger partial charge on any atom is 0.219 e. The second-order valence-electron chi connectivity index (χ2n) is 7.05. The van der Waals surface area contributed by atoms with Crippen LogP contribution in [0.3, 0.4) is 0 Å². The van der Waals surface area contributed by atoms with Gasteiger partial charge in [-0.2, -0.15) is 0 Å². The molecule has 0 aliphatic heterocycles. The van der Waals surface area contributed by atoms with Crippen molar-refractivity contribution in [1.82, 2.24) is 0 Å². The van der Waals surface area contributed by atoms with E-state index >= 15 is 0 Å². The third kappa shape index (κ3) is 3.43. The minimum Gasteiger partial charge on any atom is -0.144 e. The van der Waals surface area contributed by atoms with Crippen LogP contribution in [-0.4, -0.2) is 0 Å². The summed E-state index contributed by atoms with van der Waals surface area (Å²) in [4.78, 5) is 4.29. The molecule has 0 saturated carbocycles. The molecular weight excluding hydrogens is 268 g/mol. The number of hydrogen-bond donors (Lipinski definition) is 0. The maximum absolute atomic E-state index is 2.37. The van der Waals surface area contributed by atoms with Gasteiger partial charge in [0.2, 0.25) is 21.1 Å². The van der Waals surface area contributed by atoms with Gasteiger partial charge in [-0.1, -0.05) is 47.6 Å². The molecule has 0 spiro atoms. The van der Waals surface area contributed by atoms with Gasteiger partial charge in [0.25, 0.3) is 0 Å². The maximum atomic E-state index is 2.37. The summed E-state index contributed by atoms with van der Waals surface area (Å²) in [6.45, 7) is 13.8. The number of rotatable bonds is 1. The molecular formula is C17H23S2+. The van der Waals surface area contributed by atoms with Gasteiger partial charge in [0, 0.05) is 33.4 Å². The zero-order chi connectivity index (χ0) is 14.3. The lowest BCUT2D eigenvalue weighted by Gasteiger charge is -2.16. The Bertz CT molecular complexity index is 520. The van der Waals surface area contributed by atoms with E-state index in [9.17, 15) is 0 Å². The molecule has 0 nitrogen and oxygen atoms in total. The third-order valence-corrected chi connectivity index (χ3v) is 5.90. The molecule has 0 aromatic carbocycles. The fourth-order valence-electron chi connectivity index (χ4n) is 1.83. The van der Waals surface area contributed by atoms with E-state index in [4.69, 9.17) is 0 Å². The summed E-state index contributed by atoms with van der Waals surface area (Å²) in [5.41, 5.74) is 1.78. The lowest BCUT2D eigenvalue weighted by Crippen LogP contribution is -2.14. The number of hydrogen-bond acceptors (Lipinski definition) is 1. The predicted molar refractivity (Wildman–Crippen MR) is 89.4 cm³/mol. The zero-order valence-electron chi connectivity index (χ0n) is 12.7. The first-order valence-electron chi connectivity index (χ1n) is 6.71. The van der Waals surface area contributed by atoms with Gasteiger partial charge in [-0.25, -0.2) is 0 Å². The van der Waals surface area contributed by atoms with Crippen LogP contribution in [0.2, 0.25) is 0 Å². The molecule has 0 aliphatic carbocycles. The zero-order valence-corrected chi connectivity index (χ0v) is 14.3. The first-order valence-corrected chi connectivity index (χ1v) is 8.40. The smallest absolute Gasteiger partial charge is 0.144 e. The van der Waals surface area contributed by atoms with Crippen molar-refractivity contribution < 1.29 is 0 Å². The van der Waals surface area contributed by atoms with Crippen molar-refractivity contribution in [3.63, 3.8) is 0 Å². The Hall–Kier alpha value is -0.730. The Labute approximate surface area is 125 Å². The SMILES string of the molecule is CC(C)(C)c1cc(-c2cccs2)cc(C(C)(C)C)[s+]1. The van der Waals surface area contributed by atoms with Crippen LogP contribution in [0.5, 0.6) is 0 Å². The molecule has 2 heterocycles. The second-order valence-corrected chi connectivity index (χ2v) is 9.08. The van der Waals surface area contributed by atoms with E-state index in [0.29, 0.717) is 0 Å². The summed E-state index contributed by atoms with van der Waals surface area (Å²) in [7, 11) is 0. The highest BCUT2D eigenvalue weighted by Crippen LogP contribution is 2.38. The van der Waals surface area contributed by atoms with Gasteiger partial charge in [-0.3, -0.25) is 0 Å². The second kappa shape index (κ2) is 4.99. The predicted octanol–water partition coefficient (Wildman–Crippen LogP) is 6.35. The van der Waals surface area contributed by atoms with Crippen LogP contribution < -0.4 is 0 Å². The van der Waals surface area contributed by atoms with Crippen LogP contribution in [0, 0.1) is 0 Å². The van der Waals surface area contributed by atoms with Gasteiger partial charge in [0.15, 0.2) is 0 Å². The molecule has 0 N–H and O–H groups in total. The molecule has 102 valence electrons. The van der Waals surface area contributed by atoms with Crippen molar-refractivity contribution >= 4 is 22.7 Å². The lowest BCUT2D eigenvalue weighted by atomic mass is 9.91. The molecule has 0 radical (unpaired) electrons. The number of thiophene rings is 1. The molecule has 0 saturated heterocycles. The summed E-state index contributed by atoms with van der Waals surface area (Å²) >= 11 is 3.77. The molecule has 0 unspecified atom stereocenters. The van der Waals surface area contributed by atoms with Gasteiger partial charge < -0.3 is 0 Å². The van der Waals surface area contributed by atoms with E-state index in [1.807, 2.05) is 22.7 Å². The summed E-state index contributed by atoms with van der Waals surface area (Å²) in [6.07, 6.45) is 0. The van der Waals surface area contributed by atoms with Crippen LogP contribution in [0.15, 0.2) is 29.6 Å². The molecule has 0 amide bonds. The Morgan fingerprint density at radius 3 is 1.79 bits per heavy atom. The molecule has 2 heteroatoms. The van der Waals surface area contributed by atoms with E-state index in [-0.39, 0.29) is 10.8 Å². The van der Waals surface area contributed by atoms with Crippen LogP contribution in [0.4, 0.5) is 0 Å². The Balaban J connectivity index is 2.62. The molecule has 0 bridgehead atoms. The topological polar surface area (TPSA) is 0 Å². The molecule has 0 atom stereocenters. The quantitative estimate of drug-likeness (QED) is 0.537. The van der Waals surface area contributed by atoms with Crippen LogP contribution in [-0.2, 0) is 10.8 Å². The Morgan fingerprint density at radius 2 is 1.42 bits per heavy atom. The van der Waals surface area contributed by atoms with Crippen molar-refractivity contribution in [2.45, 2.75) is 52.4 Å². The summed E-state index contributed by atoms with van der Waals surface area (Å²) in [5, 5.41) is 2.15. The minimum absolute atomic E-state index is 0.206. The van der Waals surface area contributed by atoms with Crippen molar-refractivity contribution in [2.75, 3.05) is 0 Å². The monoisotopic (exact) mass is 291 g/mol. The van der Waals surface area contributed by atoms with Crippen LogP contribution in [0.25, 0.3) is 10.4 Å². The van der Waals surface area contributed by atoms with Crippen LogP contribution in [0.1, 0.15) is 51.3 Å². The molecule has 2 aromatic rings. The highest BCUT2D eigenvalue weighted by Gasteiger charge is 2.32. The summed E-state index contributed by atoms with van der Waals surface area (Å²) < 4.78 is 0. The fourth-order valence-corrected chi connectivity index (χ4v) is 3.76. The van der Waals surface area contributed by atoms with Crippen molar-refractivity contribution in [3.05, 3.63) is 39.4 Å². The van der Waals surface area contributed by atoms with E-state index in [0.717, 1.165) is 0 Å². The average molecular weight is 292 g/mol. The standard InChI is InChI=1S/C17H23S2/c1-16(2,3)14-10-12(13-8-7-9-18-13)11-15(19-14)17(4,5)6/h7-11H,1-6H3/q+1. The van der Waals surface area contributed by atoms with Gasteiger partial charge in [0.05, 0.1) is 0 Å². The molecule has 2 rings (SSSR count). The first kappa shape index (κ1) is 14.7. The third-order valence-electron chi connectivity index (χ3n) is 3.08. The minimum atomic E-state index is 0.206. The highest BCUT2D eigenvalue weighted by molar-refractivity contribution is 7.14. The molecule has 0 fully saturated rings. The summed E-state index contributed by atoms with van der Waals surface area (Å²) in [5.74, 6) is 0. The van der Waals surface area contributed by atoms with E-state index < -0.39 is 0 Å². The first-order chi connectivity index (χ1) is 8.68. The van der Waals surface area contributed by atoms with Gasteiger partial charge in [-0.05, 0) is 11.4 Å². The normalized spacial score (nSPS) is 12.7. The summed E-state index contributed by atoms with van der Waals surface area (Å²) in [6, 6.07) is 9.07. The Kier molecular flexibility index (Phi) is 3.85. The highest BCUT2D eigenvalue weighted by atomic mass is 32.1. The van der Waals surface area contributed by atoms with Crippen molar-refractivity contribution in [2.24, 2.45) is 0 Å². The lowest BCUT2D eigenvalue weighted by molar-refractivity contribution is 0.593. The van der Waals surface area contributed by atoms with Crippen LogP contribution >= 0.6 is 22.7 Å². The Morgan fingerprint density at radius 1 is 0.895 bits per heavy atom. The fraction of sp³-hybridized carbons (Fsp3) is 0.471. The largest absolute Gasteiger partial charge is 0.219 e. The molecule has 19 heavy (non-hydrogen) atoms. The molecule has 2 aromatic heterocycles. The van der Waals surface area contributed by atoms with Gasteiger partial charge in [-0.15, -0.1) is 11.3 Å². The average Bonchev–Trinajstić information content (AvgIpc) is 2.79. The van der Waals surface area contributed by atoms with Crippen molar-refractivity contribution in [1.29, 1.82) is 0 Å². The van der Waals surface area contributed by atoms with E-state index in [2.05, 4.69) is 71.2 Å². The molecule has 0 aliphatic rings.